The molecule has 0 saturated heterocycles. The summed E-state index contributed by atoms with van der Waals surface area (Å²) >= 11 is 1.35. The number of rotatable bonds is 6. The van der Waals surface area contributed by atoms with E-state index in [0.29, 0.717) is 28.6 Å². The summed E-state index contributed by atoms with van der Waals surface area (Å²) < 4.78 is 27.6. The quantitative estimate of drug-likeness (QED) is 0.846. The summed E-state index contributed by atoms with van der Waals surface area (Å²) in [4.78, 5) is 1.08. The lowest BCUT2D eigenvalue weighted by atomic mass is 10.1. The number of thiophene rings is 1. The van der Waals surface area contributed by atoms with Gasteiger partial charge in [0.1, 0.15) is 4.21 Å². The van der Waals surface area contributed by atoms with Crippen LogP contribution in [0.25, 0.3) is 0 Å². The zero-order valence-corrected chi connectivity index (χ0v) is 13.5. The zero-order chi connectivity index (χ0) is 14.3. The lowest BCUT2D eigenvalue weighted by molar-refractivity contribution is 0.538. The van der Waals surface area contributed by atoms with Crippen LogP contribution in [-0.2, 0) is 16.6 Å². The standard InChI is InChI=1S/C13H22N2O2S2/c1-9-5-12(18-11(9)8-14-4)19(16,17)15-7-10-6-13(10,2)3/h5,10,14-15H,6-8H2,1-4H3. The molecule has 6 heteroatoms. The first-order valence-electron chi connectivity index (χ1n) is 6.50. The summed E-state index contributed by atoms with van der Waals surface area (Å²) in [6.07, 6.45) is 1.10. The fraction of sp³-hybridized carbons (Fsp3) is 0.692. The highest BCUT2D eigenvalue weighted by Crippen LogP contribution is 2.51. The Bertz CT molecular complexity index is 561. The van der Waals surface area contributed by atoms with Gasteiger partial charge < -0.3 is 5.32 Å². The van der Waals surface area contributed by atoms with Crippen molar-refractivity contribution in [2.75, 3.05) is 13.6 Å². The number of sulfonamides is 1. The fourth-order valence-electron chi connectivity index (χ4n) is 2.16. The largest absolute Gasteiger partial charge is 0.315 e. The molecule has 1 fully saturated rings. The van der Waals surface area contributed by atoms with Crippen LogP contribution in [0.3, 0.4) is 0 Å². The molecule has 0 bridgehead atoms. The Hall–Kier alpha value is -0.430. The molecule has 19 heavy (non-hydrogen) atoms. The average Bonchev–Trinajstić information content (AvgIpc) is 2.74. The van der Waals surface area contributed by atoms with Gasteiger partial charge in [0.25, 0.3) is 0 Å². The average molecular weight is 302 g/mol. The highest BCUT2D eigenvalue weighted by Gasteiger charge is 2.45. The number of aryl methyl sites for hydroxylation is 1. The van der Waals surface area contributed by atoms with Crippen molar-refractivity contribution in [2.45, 2.75) is 37.9 Å². The number of nitrogens with one attached hydrogen (secondary N) is 2. The van der Waals surface area contributed by atoms with Crippen molar-refractivity contribution in [3.8, 4) is 0 Å². The van der Waals surface area contributed by atoms with Crippen LogP contribution in [0.2, 0.25) is 0 Å². The predicted octanol–water partition coefficient (Wildman–Crippen LogP) is 2.10. The van der Waals surface area contributed by atoms with E-state index in [1.165, 1.54) is 11.3 Å². The minimum Gasteiger partial charge on any atom is -0.315 e. The van der Waals surface area contributed by atoms with Crippen LogP contribution >= 0.6 is 11.3 Å². The van der Waals surface area contributed by atoms with Gasteiger partial charge >= 0.3 is 0 Å². The maximum absolute atomic E-state index is 12.2. The summed E-state index contributed by atoms with van der Waals surface area (Å²) in [5.74, 6) is 0.472. The third-order valence-corrected chi connectivity index (χ3v) is 6.97. The van der Waals surface area contributed by atoms with E-state index in [9.17, 15) is 8.42 Å². The Kier molecular flexibility index (Phi) is 4.07. The van der Waals surface area contributed by atoms with Crippen LogP contribution in [0, 0.1) is 18.3 Å². The first-order valence-corrected chi connectivity index (χ1v) is 8.80. The van der Waals surface area contributed by atoms with Crippen molar-refractivity contribution in [3.63, 3.8) is 0 Å². The van der Waals surface area contributed by atoms with E-state index in [4.69, 9.17) is 0 Å². The third-order valence-electron chi connectivity index (χ3n) is 3.84. The van der Waals surface area contributed by atoms with Crippen LogP contribution in [0.4, 0.5) is 0 Å². The van der Waals surface area contributed by atoms with E-state index in [2.05, 4.69) is 23.9 Å². The first-order chi connectivity index (χ1) is 8.76. The molecule has 108 valence electrons. The molecule has 0 aromatic carbocycles. The van der Waals surface area contributed by atoms with Gasteiger partial charge in [0.2, 0.25) is 10.0 Å². The van der Waals surface area contributed by atoms with Crippen LogP contribution in [0.1, 0.15) is 30.7 Å². The van der Waals surface area contributed by atoms with E-state index in [1.807, 2.05) is 14.0 Å². The van der Waals surface area contributed by atoms with E-state index in [0.717, 1.165) is 16.9 Å². The highest BCUT2D eigenvalue weighted by atomic mass is 32.2. The van der Waals surface area contributed by atoms with Crippen LogP contribution in [0.5, 0.6) is 0 Å². The molecular weight excluding hydrogens is 280 g/mol. The summed E-state index contributed by atoms with van der Waals surface area (Å²) in [5.41, 5.74) is 1.33. The van der Waals surface area contributed by atoms with E-state index >= 15 is 0 Å². The van der Waals surface area contributed by atoms with Crippen LogP contribution in [0.15, 0.2) is 10.3 Å². The Balaban J connectivity index is 2.05. The van der Waals surface area contributed by atoms with Crippen molar-refractivity contribution in [1.29, 1.82) is 0 Å². The van der Waals surface area contributed by atoms with Gasteiger partial charge in [0.15, 0.2) is 0 Å². The molecule has 0 amide bonds. The van der Waals surface area contributed by atoms with Gasteiger partial charge in [-0.1, -0.05) is 13.8 Å². The summed E-state index contributed by atoms with van der Waals surface area (Å²) in [7, 11) is -1.48. The van der Waals surface area contributed by atoms with Gasteiger partial charge in [0.05, 0.1) is 0 Å². The second-order valence-corrected chi connectivity index (χ2v) is 9.07. The smallest absolute Gasteiger partial charge is 0.250 e. The van der Waals surface area contributed by atoms with Gasteiger partial charge in [0, 0.05) is 18.0 Å². The highest BCUT2D eigenvalue weighted by molar-refractivity contribution is 7.91. The van der Waals surface area contributed by atoms with Crippen molar-refractivity contribution >= 4 is 21.4 Å². The molecule has 1 aromatic heterocycles. The van der Waals surface area contributed by atoms with E-state index in [1.54, 1.807) is 6.07 Å². The summed E-state index contributed by atoms with van der Waals surface area (Å²) in [5, 5.41) is 3.06. The molecule has 1 atom stereocenters. The number of hydrogen-bond acceptors (Lipinski definition) is 4. The monoisotopic (exact) mass is 302 g/mol. The molecule has 0 aliphatic heterocycles. The lowest BCUT2D eigenvalue weighted by Gasteiger charge is -2.05. The van der Waals surface area contributed by atoms with Crippen molar-refractivity contribution in [1.82, 2.24) is 10.0 Å². The normalized spacial score (nSPS) is 21.6. The van der Waals surface area contributed by atoms with Gasteiger partial charge in [-0.25, -0.2) is 13.1 Å². The fourth-order valence-corrected chi connectivity index (χ4v) is 4.89. The molecule has 2 rings (SSSR count). The van der Waals surface area contributed by atoms with Crippen LogP contribution < -0.4 is 10.0 Å². The van der Waals surface area contributed by atoms with E-state index < -0.39 is 10.0 Å². The zero-order valence-electron chi connectivity index (χ0n) is 11.9. The Morgan fingerprint density at radius 1 is 1.47 bits per heavy atom. The lowest BCUT2D eigenvalue weighted by Crippen LogP contribution is -2.26. The first kappa shape index (κ1) is 15.0. The molecule has 1 heterocycles. The van der Waals surface area contributed by atoms with Gasteiger partial charge in [-0.2, -0.15) is 0 Å². The molecule has 1 aliphatic carbocycles. The van der Waals surface area contributed by atoms with Gasteiger partial charge in [-0.05, 0) is 43.4 Å². The third kappa shape index (κ3) is 3.37. The van der Waals surface area contributed by atoms with Crippen molar-refractivity contribution < 1.29 is 8.42 Å². The second kappa shape index (κ2) is 5.16. The van der Waals surface area contributed by atoms with E-state index in [-0.39, 0.29) is 0 Å². The Labute approximate surface area is 119 Å². The minimum atomic E-state index is -3.34. The molecule has 0 spiro atoms. The summed E-state index contributed by atoms with van der Waals surface area (Å²) in [6, 6.07) is 1.76. The molecule has 1 aromatic rings. The molecule has 4 nitrogen and oxygen atoms in total. The molecular formula is C13H22N2O2S2. The molecule has 1 saturated carbocycles. The molecule has 1 aliphatic rings. The summed E-state index contributed by atoms with van der Waals surface area (Å²) in [6.45, 7) is 7.56. The SMILES string of the molecule is CNCc1sc(S(=O)(=O)NCC2CC2(C)C)cc1C. The Morgan fingerprint density at radius 2 is 2.11 bits per heavy atom. The van der Waals surface area contributed by atoms with Crippen LogP contribution in [-0.4, -0.2) is 22.0 Å². The Morgan fingerprint density at radius 3 is 2.63 bits per heavy atom. The topological polar surface area (TPSA) is 58.2 Å². The second-order valence-electron chi connectivity index (χ2n) is 5.94. The molecule has 2 N–H and O–H groups in total. The minimum absolute atomic E-state index is 0.297. The molecule has 0 radical (unpaired) electrons. The van der Waals surface area contributed by atoms with Crippen molar-refractivity contribution in [2.24, 2.45) is 11.3 Å². The maximum Gasteiger partial charge on any atom is 0.250 e. The van der Waals surface area contributed by atoms with Crippen molar-refractivity contribution in [3.05, 3.63) is 16.5 Å². The maximum atomic E-state index is 12.2. The van der Waals surface area contributed by atoms with Gasteiger partial charge in [-0.3, -0.25) is 0 Å². The predicted molar refractivity (Wildman–Crippen MR) is 78.9 cm³/mol. The van der Waals surface area contributed by atoms with Gasteiger partial charge in [-0.15, -0.1) is 11.3 Å². The molecule has 1 unspecified atom stereocenters. The number of hydrogen-bond donors (Lipinski definition) is 2.